The minimum Gasteiger partial charge on any atom is -0.497 e. The van der Waals surface area contributed by atoms with Crippen LogP contribution in [0.15, 0.2) is 24.5 Å². The van der Waals surface area contributed by atoms with E-state index in [1.54, 1.807) is 7.11 Å². The van der Waals surface area contributed by atoms with E-state index in [9.17, 15) is 0 Å². The van der Waals surface area contributed by atoms with Crippen LogP contribution in [0.2, 0.25) is 0 Å². The summed E-state index contributed by atoms with van der Waals surface area (Å²) in [5, 5.41) is 0. The Hall–Kier alpha value is -1.51. The number of nitrogens with zero attached hydrogens (tertiary/aromatic N) is 2. The first kappa shape index (κ1) is 10.6. The van der Waals surface area contributed by atoms with Crippen LogP contribution in [0, 0.1) is 0 Å². The zero-order chi connectivity index (χ0) is 11.7. The first-order valence-electron chi connectivity index (χ1n) is 6.39. The molecule has 0 spiro atoms. The van der Waals surface area contributed by atoms with Crippen molar-refractivity contribution in [1.82, 2.24) is 9.38 Å². The van der Waals surface area contributed by atoms with Crippen LogP contribution in [0.1, 0.15) is 43.8 Å². The van der Waals surface area contributed by atoms with Gasteiger partial charge in [0.15, 0.2) is 0 Å². The Morgan fingerprint density at radius 1 is 1.29 bits per heavy atom. The lowest BCUT2D eigenvalue weighted by Crippen LogP contribution is -2.08. The third kappa shape index (κ3) is 1.90. The minimum absolute atomic E-state index is 0.639. The predicted octanol–water partition coefficient (Wildman–Crippen LogP) is 3.39. The molecule has 90 valence electrons. The molecular formula is C14H18N2O. The van der Waals surface area contributed by atoms with Crippen molar-refractivity contribution in [1.29, 1.82) is 0 Å². The lowest BCUT2D eigenvalue weighted by molar-refractivity contribution is 0.413. The van der Waals surface area contributed by atoms with Crippen LogP contribution in [0.25, 0.3) is 5.52 Å². The van der Waals surface area contributed by atoms with Gasteiger partial charge in [-0.15, -0.1) is 0 Å². The van der Waals surface area contributed by atoms with Crippen molar-refractivity contribution in [3.05, 3.63) is 30.4 Å². The Labute approximate surface area is 101 Å². The van der Waals surface area contributed by atoms with Crippen LogP contribution in [0.5, 0.6) is 5.75 Å². The normalized spacial score (nSPS) is 17.5. The molecule has 0 aliphatic heterocycles. The van der Waals surface area contributed by atoms with Crippen molar-refractivity contribution in [2.45, 2.75) is 38.0 Å². The van der Waals surface area contributed by atoms with E-state index >= 15 is 0 Å². The lowest BCUT2D eigenvalue weighted by atomic mass is 9.89. The van der Waals surface area contributed by atoms with E-state index in [1.807, 2.05) is 18.3 Å². The molecule has 2 aromatic rings. The number of aromatic nitrogens is 2. The van der Waals surface area contributed by atoms with Gasteiger partial charge < -0.3 is 9.14 Å². The number of methoxy groups -OCH3 is 1. The zero-order valence-corrected chi connectivity index (χ0v) is 10.2. The molecule has 1 saturated carbocycles. The molecule has 0 bridgehead atoms. The van der Waals surface area contributed by atoms with Crippen LogP contribution in [0.4, 0.5) is 0 Å². The van der Waals surface area contributed by atoms with Crippen LogP contribution < -0.4 is 4.74 Å². The third-order valence-electron chi connectivity index (χ3n) is 3.74. The van der Waals surface area contributed by atoms with E-state index in [0.717, 1.165) is 11.3 Å². The summed E-state index contributed by atoms with van der Waals surface area (Å²) in [5.41, 5.74) is 1.13. The Bertz CT molecular complexity index is 512. The van der Waals surface area contributed by atoms with E-state index in [2.05, 4.69) is 15.6 Å². The van der Waals surface area contributed by atoms with E-state index in [-0.39, 0.29) is 0 Å². The Kier molecular flexibility index (Phi) is 2.75. The molecule has 1 aliphatic carbocycles. The number of rotatable bonds is 2. The van der Waals surface area contributed by atoms with E-state index in [1.165, 1.54) is 37.9 Å². The Morgan fingerprint density at radius 3 is 2.88 bits per heavy atom. The fourth-order valence-electron chi connectivity index (χ4n) is 2.79. The number of pyridine rings is 1. The van der Waals surface area contributed by atoms with Crippen molar-refractivity contribution in [2.24, 2.45) is 0 Å². The van der Waals surface area contributed by atoms with Gasteiger partial charge in [-0.2, -0.15) is 0 Å². The largest absolute Gasteiger partial charge is 0.497 e. The SMILES string of the molecule is COc1ccn2c(C3CCCCC3)ncc2c1. The second-order valence-electron chi connectivity index (χ2n) is 4.81. The molecule has 0 unspecified atom stereocenters. The second-order valence-corrected chi connectivity index (χ2v) is 4.81. The van der Waals surface area contributed by atoms with Gasteiger partial charge in [-0.3, -0.25) is 0 Å². The van der Waals surface area contributed by atoms with Gasteiger partial charge in [0.2, 0.25) is 0 Å². The summed E-state index contributed by atoms with van der Waals surface area (Å²) in [7, 11) is 1.70. The highest BCUT2D eigenvalue weighted by atomic mass is 16.5. The summed E-state index contributed by atoms with van der Waals surface area (Å²) in [6.45, 7) is 0. The molecule has 0 aromatic carbocycles. The second kappa shape index (κ2) is 4.40. The molecule has 17 heavy (non-hydrogen) atoms. The molecule has 1 fully saturated rings. The minimum atomic E-state index is 0.639. The molecule has 1 aliphatic rings. The van der Waals surface area contributed by atoms with Crippen LogP contribution >= 0.6 is 0 Å². The summed E-state index contributed by atoms with van der Waals surface area (Å²) in [4.78, 5) is 4.60. The van der Waals surface area contributed by atoms with Gasteiger partial charge in [0.25, 0.3) is 0 Å². The number of ether oxygens (including phenoxy) is 1. The average molecular weight is 230 g/mol. The van der Waals surface area contributed by atoms with Crippen LogP contribution in [-0.4, -0.2) is 16.5 Å². The number of hydrogen-bond acceptors (Lipinski definition) is 2. The van der Waals surface area contributed by atoms with Crippen molar-refractivity contribution in [3.8, 4) is 5.75 Å². The van der Waals surface area contributed by atoms with Gasteiger partial charge in [0.05, 0.1) is 18.8 Å². The summed E-state index contributed by atoms with van der Waals surface area (Å²) >= 11 is 0. The summed E-state index contributed by atoms with van der Waals surface area (Å²) in [5.74, 6) is 2.76. The number of hydrogen-bond donors (Lipinski definition) is 0. The first-order valence-corrected chi connectivity index (χ1v) is 6.39. The highest BCUT2D eigenvalue weighted by molar-refractivity contribution is 5.50. The topological polar surface area (TPSA) is 26.5 Å². The van der Waals surface area contributed by atoms with Gasteiger partial charge in [0.1, 0.15) is 11.6 Å². The molecule has 2 aromatic heterocycles. The molecule has 3 heteroatoms. The quantitative estimate of drug-likeness (QED) is 0.790. The standard InChI is InChI=1S/C14H18N2O/c1-17-13-7-8-16-12(9-13)10-15-14(16)11-5-3-2-4-6-11/h7-11H,2-6H2,1H3. The van der Waals surface area contributed by atoms with E-state index < -0.39 is 0 Å². The Balaban J connectivity index is 1.99. The van der Waals surface area contributed by atoms with Gasteiger partial charge in [-0.25, -0.2) is 4.98 Å². The fourth-order valence-corrected chi connectivity index (χ4v) is 2.79. The van der Waals surface area contributed by atoms with Crippen molar-refractivity contribution >= 4 is 5.52 Å². The number of imidazole rings is 1. The molecular weight excluding hydrogens is 212 g/mol. The molecule has 0 radical (unpaired) electrons. The Morgan fingerprint density at radius 2 is 2.12 bits per heavy atom. The van der Waals surface area contributed by atoms with Gasteiger partial charge in [-0.05, 0) is 18.9 Å². The van der Waals surface area contributed by atoms with Crippen molar-refractivity contribution in [3.63, 3.8) is 0 Å². The van der Waals surface area contributed by atoms with Gasteiger partial charge >= 0.3 is 0 Å². The molecule has 0 saturated heterocycles. The third-order valence-corrected chi connectivity index (χ3v) is 3.74. The number of fused-ring (bicyclic) bond motifs is 1. The average Bonchev–Trinajstić information content (AvgIpc) is 2.82. The van der Waals surface area contributed by atoms with Crippen molar-refractivity contribution < 1.29 is 4.74 Å². The lowest BCUT2D eigenvalue weighted by Gasteiger charge is -2.20. The summed E-state index contributed by atoms with van der Waals surface area (Å²) in [6, 6.07) is 4.04. The highest BCUT2D eigenvalue weighted by Gasteiger charge is 2.19. The van der Waals surface area contributed by atoms with E-state index in [0.29, 0.717) is 5.92 Å². The van der Waals surface area contributed by atoms with Gasteiger partial charge in [0, 0.05) is 18.2 Å². The smallest absolute Gasteiger partial charge is 0.122 e. The zero-order valence-electron chi connectivity index (χ0n) is 10.2. The van der Waals surface area contributed by atoms with E-state index in [4.69, 9.17) is 4.74 Å². The van der Waals surface area contributed by atoms with Crippen molar-refractivity contribution in [2.75, 3.05) is 7.11 Å². The fraction of sp³-hybridized carbons (Fsp3) is 0.500. The maximum Gasteiger partial charge on any atom is 0.122 e. The molecule has 0 atom stereocenters. The molecule has 3 nitrogen and oxygen atoms in total. The monoisotopic (exact) mass is 230 g/mol. The van der Waals surface area contributed by atoms with Gasteiger partial charge in [-0.1, -0.05) is 19.3 Å². The molecule has 2 heterocycles. The predicted molar refractivity (Wildman–Crippen MR) is 67.6 cm³/mol. The maximum atomic E-state index is 5.24. The highest BCUT2D eigenvalue weighted by Crippen LogP contribution is 2.32. The summed E-state index contributed by atoms with van der Waals surface area (Å²) in [6.07, 6.45) is 10.7. The maximum absolute atomic E-state index is 5.24. The van der Waals surface area contributed by atoms with Crippen LogP contribution in [-0.2, 0) is 0 Å². The molecule has 0 amide bonds. The first-order chi connectivity index (χ1) is 8.38. The molecule has 3 rings (SSSR count). The summed E-state index contributed by atoms with van der Waals surface area (Å²) < 4.78 is 7.44. The van der Waals surface area contributed by atoms with Crippen LogP contribution in [0.3, 0.4) is 0 Å². The molecule has 0 N–H and O–H groups in total.